The molecule has 5 nitrogen and oxygen atoms in total. The molecule has 2 heterocycles. The van der Waals surface area contributed by atoms with Crippen LogP contribution in [0.4, 0.5) is 0 Å². The third kappa shape index (κ3) is 4.74. The Balaban J connectivity index is 1.90. The molecule has 0 aliphatic carbocycles. The van der Waals surface area contributed by atoms with Gasteiger partial charge in [-0.3, -0.25) is 9.48 Å². The van der Waals surface area contributed by atoms with Crippen molar-refractivity contribution in [2.75, 3.05) is 6.61 Å². The van der Waals surface area contributed by atoms with E-state index >= 15 is 0 Å². The van der Waals surface area contributed by atoms with Crippen LogP contribution in [0.15, 0.2) is 30.6 Å². The zero-order chi connectivity index (χ0) is 15.1. The van der Waals surface area contributed by atoms with Gasteiger partial charge in [0, 0.05) is 24.9 Å². The summed E-state index contributed by atoms with van der Waals surface area (Å²) < 4.78 is 1.78. The van der Waals surface area contributed by atoms with Gasteiger partial charge in [0.25, 0.3) is 5.91 Å². The Morgan fingerprint density at radius 3 is 3.14 bits per heavy atom. The lowest BCUT2D eigenvalue weighted by Gasteiger charge is -2.13. The summed E-state index contributed by atoms with van der Waals surface area (Å²) in [7, 11) is 0. The molecule has 2 N–H and O–H groups in total. The molecule has 0 saturated heterocycles. The minimum Gasteiger partial charge on any atom is -0.395 e. The van der Waals surface area contributed by atoms with E-state index in [2.05, 4.69) is 22.3 Å². The lowest BCUT2D eigenvalue weighted by Crippen LogP contribution is -2.35. The Morgan fingerprint density at radius 1 is 1.57 bits per heavy atom. The third-order valence-corrected chi connectivity index (χ3v) is 3.68. The van der Waals surface area contributed by atoms with E-state index in [1.165, 1.54) is 11.3 Å². The number of nitrogens with zero attached hydrogens (tertiary/aromatic N) is 2. The van der Waals surface area contributed by atoms with Gasteiger partial charge in [0.1, 0.15) is 0 Å². The maximum Gasteiger partial charge on any atom is 0.261 e. The Kier molecular flexibility index (Phi) is 5.55. The molecular formula is C15H17N3O2S. The SMILES string of the molecule is CC(Cn1cccn1)NC(=O)c1ccc(C#CCCO)s1. The smallest absolute Gasteiger partial charge is 0.261 e. The van der Waals surface area contributed by atoms with Gasteiger partial charge in [0.15, 0.2) is 0 Å². The van der Waals surface area contributed by atoms with Crippen LogP contribution < -0.4 is 5.32 Å². The fraction of sp³-hybridized carbons (Fsp3) is 0.333. The van der Waals surface area contributed by atoms with E-state index in [1.54, 1.807) is 16.9 Å². The molecule has 0 spiro atoms. The Bertz CT molecular complexity index is 637. The molecule has 110 valence electrons. The quantitative estimate of drug-likeness (QED) is 0.823. The number of aromatic nitrogens is 2. The summed E-state index contributed by atoms with van der Waals surface area (Å²) in [6, 6.07) is 5.43. The first-order valence-corrected chi connectivity index (χ1v) is 7.48. The maximum absolute atomic E-state index is 12.1. The predicted molar refractivity (Wildman–Crippen MR) is 82.1 cm³/mol. The van der Waals surface area contributed by atoms with Gasteiger partial charge in [0.05, 0.1) is 22.9 Å². The summed E-state index contributed by atoms with van der Waals surface area (Å²) >= 11 is 1.35. The molecule has 0 fully saturated rings. The molecule has 1 amide bonds. The largest absolute Gasteiger partial charge is 0.395 e. The van der Waals surface area contributed by atoms with E-state index in [9.17, 15) is 4.79 Å². The van der Waals surface area contributed by atoms with E-state index in [0.717, 1.165) is 4.88 Å². The second kappa shape index (κ2) is 7.62. The molecule has 6 heteroatoms. The number of rotatable bonds is 5. The van der Waals surface area contributed by atoms with E-state index in [4.69, 9.17) is 5.11 Å². The average Bonchev–Trinajstić information content (AvgIpc) is 3.10. The lowest BCUT2D eigenvalue weighted by molar-refractivity contribution is 0.0940. The van der Waals surface area contributed by atoms with Crippen LogP contribution in [0.2, 0.25) is 0 Å². The minimum atomic E-state index is -0.102. The van der Waals surface area contributed by atoms with Crippen molar-refractivity contribution in [3.63, 3.8) is 0 Å². The van der Waals surface area contributed by atoms with E-state index in [1.807, 2.05) is 25.3 Å². The van der Waals surface area contributed by atoms with Crippen molar-refractivity contribution in [1.29, 1.82) is 0 Å². The first-order valence-electron chi connectivity index (χ1n) is 6.67. The number of carbonyl (C=O) groups excluding carboxylic acids is 1. The van der Waals surface area contributed by atoms with Gasteiger partial charge in [-0.2, -0.15) is 5.10 Å². The van der Waals surface area contributed by atoms with Gasteiger partial charge in [-0.25, -0.2) is 0 Å². The maximum atomic E-state index is 12.1. The highest BCUT2D eigenvalue weighted by Crippen LogP contribution is 2.15. The molecule has 1 unspecified atom stereocenters. The van der Waals surface area contributed by atoms with E-state index in [0.29, 0.717) is 17.8 Å². The number of amides is 1. The van der Waals surface area contributed by atoms with Crippen molar-refractivity contribution in [2.45, 2.75) is 25.9 Å². The van der Waals surface area contributed by atoms with Crippen molar-refractivity contribution in [3.05, 3.63) is 40.3 Å². The predicted octanol–water partition coefficient (Wildman–Crippen LogP) is 1.50. The molecule has 2 aromatic rings. The van der Waals surface area contributed by atoms with Crippen LogP contribution in [0, 0.1) is 11.8 Å². The number of thiophene rings is 1. The fourth-order valence-corrected chi connectivity index (χ4v) is 2.55. The number of aliphatic hydroxyl groups is 1. The van der Waals surface area contributed by atoms with Gasteiger partial charge in [0.2, 0.25) is 0 Å². The van der Waals surface area contributed by atoms with Gasteiger partial charge >= 0.3 is 0 Å². The minimum absolute atomic E-state index is 0.0107. The highest BCUT2D eigenvalue weighted by Gasteiger charge is 2.12. The molecular weight excluding hydrogens is 286 g/mol. The Morgan fingerprint density at radius 2 is 2.43 bits per heavy atom. The molecule has 0 aliphatic rings. The van der Waals surface area contributed by atoms with E-state index < -0.39 is 0 Å². The molecule has 0 aliphatic heterocycles. The van der Waals surface area contributed by atoms with Gasteiger partial charge in [-0.1, -0.05) is 11.8 Å². The first kappa shape index (κ1) is 15.3. The summed E-state index contributed by atoms with van der Waals surface area (Å²) in [5.74, 6) is 5.66. The second-order valence-electron chi connectivity index (χ2n) is 4.54. The second-order valence-corrected chi connectivity index (χ2v) is 5.63. The van der Waals surface area contributed by atoms with Crippen molar-refractivity contribution in [1.82, 2.24) is 15.1 Å². The standard InChI is InChI=1S/C15H17N3O2S/c1-12(11-18-9-4-8-16-18)17-15(20)14-7-6-13(21-14)5-2-3-10-19/h4,6-9,12,19H,3,10-11H2,1H3,(H,17,20). The van der Waals surface area contributed by atoms with Crippen LogP contribution in [0.25, 0.3) is 0 Å². The Labute approximate surface area is 127 Å². The molecule has 2 rings (SSSR count). The van der Waals surface area contributed by atoms with Gasteiger partial charge < -0.3 is 10.4 Å². The number of carbonyl (C=O) groups is 1. The molecule has 21 heavy (non-hydrogen) atoms. The van der Waals surface area contributed by atoms with Gasteiger partial charge in [-0.15, -0.1) is 11.3 Å². The van der Waals surface area contributed by atoms with E-state index in [-0.39, 0.29) is 18.6 Å². The summed E-state index contributed by atoms with van der Waals surface area (Å²) in [5, 5.41) is 15.7. The summed E-state index contributed by atoms with van der Waals surface area (Å²) in [5.41, 5.74) is 0. The summed E-state index contributed by atoms with van der Waals surface area (Å²) in [6.07, 6.45) is 4.02. The number of aliphatic hydroxyl groups excluding tert-OH is 1. The van der Waals surface area contributed by atoms with Crippen LogP contribution in [0.3, 0.4) is 0 Å². The molecule has 1 atom stereocenters. The van der Waals surface area contributed by atoms with Crippen LogP contribution >= 0.6 is 11.3 Å². The average molecular weight is 303 g/mol. The number of nitrogens with one attached hydrogen (secondary N) is 1. The third-order valence-electron chi connectivity index (χ3n) is 2.68. The first-order chi connectivity index (χ1) is 10.2. The monoisotopic (exact) mass is 303 g/mol. The highest BCUT2D eigenvalue weighted by atomic mass is 32.1. The zero-order valence-electron chi connectivity index (χ0n) is 11.7. The topological polar surface area (TPSA) is 67.2 Å². The van der Waals surface area contributed by atoms with Crippen LogP contribution in [0.1, 0.15) is 27.9 Å². The summed E-state index contributed by atoms with van der Waals surface area (Å²) in [6.45, 7) is 2.62. The number of hydrogen-bond acceptors (Lipinski definition) is 4. The molecule has 0 saturated carbocycles. The molecule has 0 aromatic carbocycles. The number of hydrogen-bond donors (Lipinski definition) is 2. The normalized spacial score (nSPS) is 11.5. The van der Waals surface area contributed by atoms with Crippen LogP contribution in [-0.4, -0.2) is 33.4 Å². The zero-order valence-corrected chi connectivity index (χ0v) is 12.6. The van der Waals surface area contributed by atoms with Crippen molar-refractivity contribution in [3.8, 4) is 11.8 Å². The molecule has 0 radical (unpaired) electrons. The molecule has 0 bridgehead atoms. The fourth-order valence-electron chi connectivity index (χ4n) is 1.76. The van der Waals surface area contributed by atoms with Gasteiger partial charge in [-0.05, 0) is 25.1 Å². The van der Waals surface area contributed by atoms with Crippen LogP contribution in [0.5, 0.6) is 0 Å². The molecule has 2 aromatic heterocycles. The van der Waals surface area contributed by atoms with Crippen molar-refractivity contribution in [2.24, 2.45) is 0 Å². The Hall–Kier alpha value is -2.10. The van der Waals surface area contributed by atoms with Crippen LogP contribution in [-0.2, 0) is 6.54 Å². The van der Waals surface area contributed by atoms with Crippen molar-refractivity contribution >= 4 is 17.2 Å². The van der Waals surface area contributed by atoms with Crippen molar-refractivity contribution < 1.29 is 9.90 Å². The lowest BCUT2D eigenvalue weighted by atomic mass is 10.3. The highest BCUT2D eigenvalue weighted by molar-refractivity contribution is 7.14. The summed E-state index contributed by atoms with van der Waals surface area (Å²) in [4.78, 5) is 13.6.